The van der Waals surface area contributed by atoms with Gasteiger partial charge in [-0.1, -0.05) is 0 Å². The quantitative estimate of drug-likeness (QED) is 0.220. The molecule has 3 atom stereocenters. The van der Waals surface area contributed by atoms with Crippen molar-refractivity contribution in [2.24, 2.45) is 0 Å². The highest BCUT2D eigenvalue weighted by molar-refractivity contribution is 6.05. The van der Waals surface area contributed by atoms with Crippen molar-refractivity contribution in [2.75, 3.05) is 12.6 Å². The third-order valence-corrected chi connectivity index (χ3v) is 7.79. The minimum Gasteiger partial charge on any atom is -0.506 e. The molecule has 0 fully saturated rings. The average Bonchev–Trinajstić information content (AvgIpc) is 2.86. The Morgan fingerprint density at radius 1 is 1.05 bits per heavy atom. The molecule has 0 bridgehead atoms. The Labute approximate surface area is 207 Å². The lowest BCUT2D eigenvalue weighted by Crippen LogP contribution is -2.31. The van der Waals surface area contributed by atoms with Crippen molar-refractivity contribution in [1.29, 1.82) is 0 Å². The average molecular weight is 506 g/mol. The molecule has 2 aromatic carbocycles. The van der Waals surface area contributed by atoms with E-state index in [9.17, 15) is 30.0 Å². The number of benzene rings is 2. The van der Waals surface area contributed by atoms with Gasteiger partial charge < -0.3 is 40.2 Å². The molecule has 11 heteroatoms. The van der Waals surface area contributed by atoms with E-state index in [1.165, 1.54) is 0 Å². The van der Waals surface area contributed by atoms with Crippen LogP contribution in [0.25, 0.3) is 32.9 Å². The first-order valence-corrected chi connectivity index (χ1v) is 11.8. The Hall–Kier alpha value is -4.06. The van der Waals surface area contributed by atoms with Crippen LogP contribution in [0.4, 0.5) is 0 Å². The van der Waals surface area contributed by atoms with E-state index in [2.05, 4.69) is 0 Å². The van der Waals surface area contributed by atoms with Crippen molar-refractivity contribution in [1.82, 2.24) is 4.68 Å². The molecular weight excluding hydrogens is 484 g/mol. The molecule has 1 aliphatic heterocycles. The highest BCUT2D eigenvalue weighted by atomic mass is 16.7. The number of aromatic nitrogens is 1. The molecule has 0 radical (unpaired) electrons. The maximum atomic E-state index is 13.6. The van der Waals surface area contributed by atoms with Gasteiger partial charge in [-0.15, -0.1) is 0 Å². The minimum absolute atomic E-state index is 0.000516. The first-order valence-electron chi connectivity index (χ1n) is 11.8. The summed E-state index contributed by atoms with van der Waals surface area (Å²) in [5.74, 6) is 5.38. The van der Waals surface area contributed by atoms with Crippen molar-refractivity contribution in [3.8, 4) is 28.4 Å². The normalized spacial score (nSPS) is 21.9. The number of fused-ring (bicyclic) bond motifs is 6. The zero-order valence-corrected chi connectivity index (χ0v) is 19.6. The van der Waals surface area contributed by atoms with Crippen molar-refractivity contribution >= 4 is 21.7 Å². The van der Waals surface area contributed by atoms with Crippen LogP contribution in [0, 0.1) is 6.92 Å². The van der Waals surface area contributed by atoms with Crippen molar-refractivity contribution in [2.45, 2.75) is 44.5 Å². The number of rotatable bonds is 0. The molecule has 2 aromatic heterocycles. The molecule has 0 saturated heterocycles. The second-order valence-electron chi connectivity index (χ2n) is 9.80. The lowest BCUT2D eigenvalue weighted by atomic mass is 9.79. The standard InChI is InChI=1S/C26H22N2O9/c1-8-4-9-5-10-6-13-16-18(14(10)21(31)15(9)26(34)28(8)27)23(33)19-22(32)17-12(3-2-11(29)20(17)30)37-25(19)24(16)36-7-35-13/h4-5,11,13,20,29-31,33H,2-3,6-7,27H2,1H3/t11-,13+,20-/m0/s1. The highest BCUT2D eigenvalue weighted by Crippen LogP contribution is 2.57. The number of nitrogens with zero attached hydrogens (tertiary/aromatic N) is 1. The van der Waals surface area contributed by atoms with Gasteiger partial charge in [-0.05, 0) is 36.4 Å². The van der Waals surface area contributed by atoms with Gasteiger partial charge >= 0.3 is 0 Å². The maximum absolute atomic E-state index is 13.6. The summed E-state index contributed by atoms with van der Waals surface area (Å²) >= 11 is 0. The van der Waals surface area contributed by atoms with E-state index in [4.69, 9.17) is 19.7 Å². The summed E-state index contributed by atoms with van der Waals surface area (Å²) in [6, 6.07) is 3.41. The van der Waals surface area contributed by atoms with E-state index in [0.717, 1.165) is 4.68 Å². The first-order chi connectivity index (χ1) is 17.7. The van der Waals surface area contributed by atoms with E-state index in [0.29, 0.717) is 28.6 Å². The third kappa shape index (κ3) is 2.70. The van der Waals surface area contributed by atoms with Gasteiger partial charge in [0, 0.05) is 35.2 Å². The summed E-state index contributed by atoms with van der Waals surface area (Å²) in [6.45, 7) is 1.54. The summed E-state index contributed by atoms with van der Waals surface area (Å²) in [5, 5.41) is 43.9. The minimum atomic E-state index is -1.48. The van der Waals surface area contributed by atoms with E-state index in [1.54, 1.807) is 19.1 Å². The monoisotopic (exact) mass is 506 g/mol. The number of aromatic hydroxyl groups is 2. The largest absolute Gasteiger partial charge is 0.506 e. The number of hydrogen-bond donors (Lipinski definition) is 5. The highest BCUT2D eigenvalue weighted by Gasteiger charge is 2.41. The summed E-state index contributed by atoms with van der Waals surface area (Å²) in [4.78, 5) is 26.6. The number of phenolic OH excluding ortho intramolecular Hbond substituents is 2. The van der Waals surface area contributed by atoms with Gasteiger partial charge in [0.25, 0.3) is 5.56 Å². The SMILES string of the molecule is Cc1cc2cc3c(c(O)c2c(=O)n1N)-c1c2c(c4oc5c(c(=O)c4c1O)[C@@H](O)[C@@H](O)CC5)OCO[C@@H]2C3. The number of ether oxygens (including phenoxy) is 2. The molecule has 2 aliphatic carbocycles. The Kier molecular flexibility index (Phi) is 4.34. The number of nitrogen functional groups attached to an aromatic ring is 1. The molecule has 0 amide bonds. The lowest BCUT2D eigenvalue weighted by molar-refractivity contribution is -0.0591. The molecule has 37 heavy (non-hydrogen) atoms. The Morgan fingerprint density at radius 3 is 2.59 bits per heavy atom. The van der Waals surface area contributed by atoms with Gasteiger partial charge in [0.15, 0.2) is 18.1 Å². The van der Waals surface area contributed by atoms with Gasteiger partial charge in [0.05, 0.1) is 23.2 Å². The number of aliphatic hydroxyl groups is 2. The molecule has 0 spiro atoms. The Bertz CT molecular complexity index is 1820. The van der Waals surface area contributed by atoms with E-state index in [-0.39, 0.29) is 64.2 Å². The van der Waals surface area contributed by atoms with Crippen LogP contribution >= 0.6 is 0 Å². The second-order valence-corrected chi connectivity index (χ2v) is 9.80. The van der Waals surface area contributed by atoms with Crippen LogP contribution in [0.3, 0.4) is 0 Å². The van der Waals surface area contributed by atoms with Gasteiger partial charge in [0.2, 0.25) is 5.43 Å². The molecule has 11 nitrogen and oxygen atoms in total. The second kappa shape index (κ2) is 7.25. The van der Waals surface area contributed by atoms with E-state index >= 15 is 0 Å². The van der Waals surface area contributed by atoms with Crippen LogP contribution in [0.2, 0.25) is 0 Å². The van der Waals surface area contributed by atoms with Crippen LogP contribution < -0.4 is 21.6 Å². The van der Waals surface area contributed by atoms with Crippen molar-refractivity contribution < 1.29 is 34.3 Å². The summed E-state index contributed by atoms with van der Waals surface area (Å²) in [7, 11) is 0. The van der Waals surface area contributed by atoms with E-state index < -0.39 is 40.8 Å². The van der Waals surface area contributed by atoms with Gasteiger partial charge in [-0.3, -0.25) is 9.59 Å². The van der Waals surface area contributed by atoms with Crippen molar-refractivity contribution in [3.63, 3.8) is 0 Å². The van der Waals surface area contributed by atoms with Crippen LogP contribution in [0.15, 0.2) is 26.1 Å². The number of hydrogen-bond acceptors (Lipinski definition) is 10. The molecule has 0 saturated carbocycles. The summed E-state index contributed by atoms with van der Waals surface area (Å²) in [5.41, 5.74) is 0.256. The first kappa shape index (κ1) is 22.2. The van der Waals surface area contributed by atoms with Crippen LogP contribution in [0.1, 0.15) is 46.8 Å². The predicted octanol–water partition coefficient (Wildman–Crippen LogP) is 1.51. The number of aryl methyl sites for hydroxylation is 2. The molecule has 190 valence electrons. The third-order valence-electron chi connectivity index (χ3n) is 7.79. The molecular formula is C26H22N2O9. The number of aliphatic hydroxyl groups excluding tert-OH is 2. The van der Waals surface area contributed by atoms with Crippen LogP contribution in [0.5, 0.6) is 17.2 Å². The molecule has 3 heterocycles. The maximum Gasteiger partial charge on any atom is 0.280 e. The summed E-state index contributed by atoms with van der Waals surface area (Å²) < 4.78 is 18.6. The molecule has 6 N–H and O–H groups in total. The van der Waals surface area contributed by atoms with Crippen LogP contribution in [-0.2, 0) is 17.6 Å². The predicted molar refractivity (Wildman–Crippen MR) is 130 cm³/mol. The van der Waals surface area contributed by atoms with Gasteiger partial charge in [0.1, 0.15) is 28.7 Å². The topological polar surface area (TPSA) is 178 Å². The molecule has 3 aliphatic rings. The number of pyridine rings is 1. The smallest absolute Gasteiger partial charge is 0.280 e. The van der Waals surface area contributed by atoms with Crippen LogP contribution in [-0.4, -0.2) is 38.0 Å². The lowest BCUT2D eigenvalue weighted by Gasteiger charge is -2.35. The molecule has 7 rings (SSSR count). The number of nitrogens with two attached hydrogens (primary N) is 1. The fourth-order valence-corrected chi connectivity index (χ4v) is 5.99. The van der Waals surface area contributed by atoms with Crippen molar-refractivity contribution in [3.05, 3.63) is 60.9 Å². The zero-order valence-electron chi connectivity index (χ0n) is 19.6. The summed E-state index contributed by atoms with van der Waals surface area (Å²) in [6.07, 6.45) is -2.49. The Morgan fingerprint density at radius 2 is 1.81 bits per heavy atom. The van der Waals surface area contributed by atoms with E-state index in [1.807, 2.05) is 0 Å². The van der Waals surface area contributed by atoms with Gasteiger partial charge in [-0.2, -0.15) is 0 Å². The number of phenols is 2. The fourth-order valence-electron chi connectivity index (χ4n) is 5.99. The molecule has 4 aromatic rings. The zero-order chi connectivity index (χ0) is 25.9. The van der Waals surface area contributed by atoms with Gasteiger partial charge in [-0.25, -0.2) is 4.68 Å². The fraction of sp³-hybridized carbons (Fsp3) is 0.308. The Balaban J connectivity index is 1.65. The molecule has 0 unspecified atom stereocenters.